The minimum atomic E-state index is -0.586. The minimum Gasteiger partial charge on any atom is -0.492 e. The number of H-pyrrole nitrogens is 1. The van der Waals surface area contributed by atoms with Crippen molar-refractivity contribution in [2.24, 2.45) is 0 Å². The quantitative estimate of drug-likeness (QED) is 0.344. The number of rotatable bonds is 7. The van der Waals surface area contributed by atoms with Crippen molar-refractivity contribution in [1.82, 2.24) is 24.4 Å². The fourth-order valence-corrected chi connectivity index (χ4v) is 4.63. The van der Waals surface area contributed by atoms with E-state index in [1.807, 2.05) is 24.3 Å². The van der Waals surface area contributed by atoms with Gasteiger partial charge in [0.2, 0.25) is 5.95 Å². The Balaban J connectivity index is 1.33. The van der Waals surface area contributed by atoms with Crippen LogP contribution in [0.1, 0.15) is 12.8 Å². The van der Waals surface area contributed by atoms with Gasteiger partial charge in [0.1, 0.15) is 17.8 Å². The molecule has 0 bridgehead atoms. The van der Waals surface area contributed by atoms with Gasteiger partial charge in [-0.3, -0.25) is 15.3 Å². The van der Waals surface area contributed by atoms with Crippen LogP contribution in [0, 0.1) is 5.41 Å². The Morgan fingerprint density at radius 2 is 1.80 bits per heavy atom. The maximum Gasteiger partial charge on any atom is 0.333 e. The molecule has 35 heavy (non-hydrogen) atoms. The third-order valence-corrected chi connectivity index (χ3v) is 6.45. The van der Waals surface area contributed by atoms with Crippen molar-refractivity contribution in [3.8, 4) is 11.4 Å². The molecule has 0 saturated carbocycles. The largest absolute Gasteiger partial charge is 0.492 e. The molecule has 1 aliphatic heterocycles. The van der Waals surface area contributed by atoms with E-state index in [-0.39, 0.29) is 32.8 Å². The van der Waals surface area contributed by atoms with Crippen LogP contribution < -0.4 is 21.2 Å². The van der Waals surface area contributed by atoms with Gasteiger partial charge in [-0.1, -0.05) is 29.3 Å². The highest BCUT2D eigenvalue weighted by molar-refractivity contribution is 6.37. The predicted molar refractivity (Wildman–Crippen MR) is 136 cm³/mol. The maximum atomic E-state index is 12.8. The fraction of sp³-hybridized carbons (Fsp3) is 0.250. The lowest BCUT2D eigenvalue weighted by Gasteiger charge is -2.15. The van der Waals surface area contributed by atoms with Crippen molar-refractivity contribution in [3.63, 3.8) is 0 Å². The first-order valence-electron chi connectivity index (χ1n) is 11.2. The van der Waals surface area contributed by atoms with Crippen LogP contribution in [0.15, 0.2) is 53.5 Å². The molecular weight excluding hydrogens is 489 g/mol. The SMILES string of the molecule is N=c1c2cnc(Nc3ccc(OCCN4CCCC4)cc3)nc2[nH]c(=O)n1-c1c(Cl)cccc1Cl. The highest BCUT2D eigenvalue weighted by atomic mass is 35.5. The third kappa shape index (κ3) is 5.02. The van der Waals surface area contributed by atoms with E-state index in [1.165, 1.54) is 19.0 Å². The summed E-state index contributed by atoms with van der Waals surface area (Å²) in [6.07, 6.45) is 4.01. The molecule has 0 aliphatic carbocycles. The molecule has 0 radical (unpaired) electrons. The van der Waals surface area contributed by atoms with E-state index in [0.29, 0.717) is 12.0 Å². The Kier molecular flexibility index (Phi) is 6.72. The number of ether oxygens (including phenoxy) is 1. The van der Waals surface area contributed by atoms with Crippen molar-refractivity contribution in [2.45, 2.75) is 12.8 Å². The average molecular weight is 512 g/mol. The molecule has 0 amide bonds. The molecule has 0 unspecified atom stereocenters. The molecule has 2 aromatic carbocycles. The van der Waals surface area contributed by atoms with Crippen LogP contribution >= 0.6 is 23.2 Å². The highest BCUT2D eigenvalue weighted by Crippen LogP contribution is 2.26. The number of benzene rings is 2. The summed E-state index contributed by atoms with van der Waals surface area (Å²) in [5, 5.41) is 12.5. The van der Waals surface area contributed by atoms with Crippen LogP contribution in [0.25, 0.3) is 16.7 Å². The highest BCUT2D eigenvalue weighted by Gasteiger charge is 2.15. The number of hydrogen-bond donors (Lipinski definition) is 3. The van der Waals surface area contributed by atoms with Gasteiger partial charge in [0, 0.05) is 18.4 Å². The summed E-state index contributed by atoms with van der Waals surface area (Å²) in [6.45, 7) is 3.89. The van der Waals surface area contributed by atoms with E-state index in [1.54, 1.807) is 18.2 Å². The molecule has 0 spiro atoms. The van der Waals surface area contributed by atoms with Gasteiger partial charge in [-0.2, -0.15) is 4.98 Å². The number of aromatic nitrogens is 4. The number of likely N-dealkylation sites (tertiary alicyclic amines) is 1. The van der Waals surface area contributed by atoms with Crippen molar-refractivity contribution in [2.75, 3.05) is 31.6 Å². The number of para-hydroxylation sites is 1. The van der Waals surface area contributed by atoms with Gasteiger partial charge in [0.25, 0.3) is 0 Å². The molecule has 4 aromatic rings. The molecule has 3 N–H and O–H groups in total. The Morgan fingerprint density at radius 3 is 2.51 bits per heavy atom. The first-order chi connectivity index (χ1) is 17.0. The number of aromatic amines is 1. The van der Waals surface area contributed by atoms with Crippen LogP contribution in [0.4, 0.5) is 11.6 Å². The molecule has 11 heteroatoms. The van der Waals surface area contributed by atoms with Crippen LogP contribution in [0.3, 0.4) is 0 Å². The number of hydrogen-bond acceptors (Lipinski definition) is 7. The number of nitrogens with zero attached hydrogens (tertiary/aromatic N) is 4. The molecule has 9 nitrogen and oxygen atoms in total. The van der Waals surface area contributed by atoms with E-state index in [9.17, 15) is 4.79 Å². The summed E-state index contributed by atoms with van der Waals surface area (Å²) in [6, 6.07) is 12.4. The number of halogens is 2. The summed E-state index contributed by atoms with van der Waals surface area (Å²) >= 11 is 12.5. The van der Waals surface area contributed by atoms with Gasteiger partial charge in [-0.05, 0) is 62.3 Å². The topological polar surface area (TPSA) is 112 Å². The van der Waals surface area contributed by atoms with Crippen molar-refractivity contribution < 1.29 is 4.74 Å². The van der Waals surface area contributed by atoms with Gasteiger partial charge in [-0.15, -0.1) is 0 Å². The molecule has 5 rings (SSSR count). The zero-order valence-electron chi connectivity index (χ0n) is 18.7. The Labute approximate surface area is 210 Å². The van der Waals surface area contributed by atoms with Gasteiger partial charge in [-0.25, -0.2) is 14.3 Å². The third-order valence-electron chi connectivity index (χ3n) is 5.84. The van der Waals surface area contributed by atoms with Gasteiger partial charge in [0.05, 0.1) is 21.1 Å². The van der Waals surface area contributed by atoms with Crippen LogP contribution in [0.5, 0.6) is 5.75 Å². The average Bonchev–Trinajstić information content (AvgIpc) is 3.35. The number of fused-ring (bicyclic) bond motifs is 1. The Hall–Kier alpha value is -3.40. The first kappa shape index (κ1) is 23.3. The summed E-state index contributed by atoms with van der Waals surface area (Å²) in [5.74, 6) is 1.07. The normalized spacial score (nSPS) is 13.9. The zero-order valence-corrected chi connectivity index (χ0v) is 20.2. The lowest BCUT2D eigenvalue weighted by Crippen LogP contribution is -2.34. The molecule has 0 atom stereocenters. The van der Waals surface area contributed by atoms with Gasteiger partial charge >= 0.3 is 5.69 Å². The second-order valence-electron chi connectivity index (χ2n) is 8.19. The number of anilines is 2. The Morgan fingerprint density at radius 1 is 1.09 bits per heavy atom. The van der Waals surface area contributed by atoms with Crippen LogP contribution in [-0.4, -0.2) is 50.7 Å². The summed E-state index contributed by atoms with van der Waals surface area (Å²) in [7, 11) is 0. The van der Waals surface area contributed by atoms with Crippen molar-refractivity contribution in [3.05, 3.63) is 74.7 Å². The van der Waals surface area contributed by atoms with E-state index in [4.69, 9.17) is 33.3 Å². The minimum absolute atomic E-state index is 0.124. The Bertz CT molecular complexity index is 1460. The van der Waals surface area contributed by atoms with Gasteiger partial charge < -0.3 is 10.1 Å². The number of nitrogens with one attached hydrogen (secondary N) is 3. The first-order valence-corrected chi connectivity index (χ1v) is 12.0. The summed E-state index contributed by atoms with van der Waals surface area (Å²) in [4.78, 5) is 26.6. The second kappa shape index (κ2) is 10.1. The zero-order chi connectivity index (χ0) is 24.4. The van der Waals surface area contributed by atoms with Crippen LogP contribution in [0.2, 0.25) is 10.0 Å². The summed E-state index contributed by atoms with van der Waals surface area (Å²) < 4.78 is 6.94. The molecule has 180 valence electrons. The second-order valence-corrected chi connectivity index (χ2v) is 9.00. The molecule has 1 aliphatic rings. The summed E-state index contributed by atoms with van der Waals surface area (Å²) in [5.41, 5.74) is 0.504. The lowest BCUT2D eigenvalue weighted by atomic mass is 10.3. The van der Waals surface area contributed by atoms with E-state index in [0.717, 1.165) is 35.6 Å². The molecular formula is C24H23Cl2N7O2. The van der Waals surface area contributed by atoms with Crippen molar-refractivity contribution in [1.29, 1.82) is 5.41 Å². The molecule has 1 fully saturated rings. The van der Waals surface area contributed by atoms with E-state index >= 15 is 0 Å². The molecule has 2 aromatic heterocycles. The standard InChI is InChI=1S/C24H23Cl2N7O2/c25-18-4-3-5-19(26)20(18)33-21(27)17-14-28-23(30-22(17)31-24(33)34)29-15-6-8-16(9-7-15)35-13-12-32-10-1-2-11-32/h3-9,14,27H,1-2,10-13H2,(H2,28,29,30,31,34). The maximum absolute atomic E-state index is 12.8. The molecule has 3 heterocycles. The monoisotopic (exact) mass is 511 g/mol. The molecule has 1 saturated heterocycles. The smallest absolute Gasteiger partial charge is 0.333 e. The fourth-order valence-electron chi connectivity index (χ4n) is 4.07. The van der Waals surface area contributed by atoms with E-state index < -0.39 is 5.69 Å². The predicted octanol–water partition coefficient (Wildman–Crippen LogP) is 4.11. The van der Waals surface area contributed by atoms with Crippen molar-refractivity contribution >= 4 is 45.9 Å². The van der Waals surface area contributed by atoms with E-state index in [2.05, 4.69) is 25.2 Å². The van der Waals surface area contributed by atoms with Gasteiger partial charge in [0.15, 0.2) is 5.65 Å². The van der Waals surface area contributed by atoms with Crippen LogP contribution in [-0.2, 0) is 0 Å². The lowest BCUT2D eigenvalue weighted by molar-refractivity contribution is 0.238.